The second-order valence-corrected chi connectivity index (χ2v) is 6.33. The van der Waals surface area contributed by atoms with Gasteiger partial charge in [-0.05, 0) is 12.1 Å². The molecule has 1 atom stereocenters. The van der Waals surface area contributed by atoms with Gasteiger partial charge in [-0.1, -0.05) is 12.1 Å². The number of hydrogen-bond acceptors (Lipinski definition) is 5. The maximum atomic E-state index is 11.8. The van der Waals surface area contributed by atoms with Gasteiger partial charge in [0.25, 0.3) is 0 Å². The fraction of sp³-hybridized carbons (Fsp3) is 0.300. The molecule has 0 saturated carbocycles. The van der Waals surface area contributed by atoms with Gasteiger partial charge in [0.2, 0.25) is 10.0 Å². The average Bonchev–Trinajstić information content (AvgIpc) is 2.22. The number of sulfonamides is 1. The first-order chi connectivity index (χ1) is 7.98. The minimum absolute atomic E-state index is 0.0116. The van der Waals surface area contributed by atoms with Gasteiger partial charge in [0.05, 0.1) is 10.5 Å². The van der Waals surface area contributed by atoms with E-state index in [9.17, 15) is 13.2 Å². The Morgan fingerprint density at radius 2 is 2.06 bits per heavy atom. The zero-order chi connectivity index (χ0) is 12.5. The quantitative estimate of drug-likeness (QED) is 0.829. The molecule has 2 N–H and O–H groups in total. The highest BCUT2D eigenvalue weighted by Crippen LogP contribution is 2.30. The number of ether oxygens (including phenoxy) is 1. The molecule has 1 aliphatic rings. The summed E-state index contributed by atoms with van der Waals surface area (Å²) in [7, 11) is -3.91. The van der Waals surface area contributed by atoms with Crippen LogP contribution >= 0.6 is 11.8 Å². The van der Waals surface area contributed by atoms with Gasteiger partial charge in [-0.15, -0.1) is 11.8 Å². The lowest BCUT2D eigenvalue weighted by atomic mass is 10.2. The van der Waals surface area contributed by atoms with Crippen LogP contribution in [0.25, 0.3) is 0 Å². The molecule has 7 heteroatoms. The number of nitrogens with two attached hydrogens (primary N) is 1. The third kappa shape index (κ3) is 2.80. The first-order valence-corrected chi connectivity index (χ1v) is 7.52. The molecule has 1 heterocycles. The van der Waals surface area contributed by atoms with E-state index in [0.717, 1.165) is 12.2 Å². The first-order valence-electron chi connectivity index (χ1n) is 4.93. The predicted octanol–water partition coefficient (Wildman–Crippen LogP) is 0.954. The summed E-state index contributed by atoms with van der Waals surface area (Å²) in [5, 5.41) is 5.03. The Bertz CT molecular complexity index is 537. The van der Waals surface area contributed by atoms with Gasteiger partial charge in [0.1, 0.15) is 5.44 Å². The molecule has 0 aliphatic carbocycles. The van der Waals surface area contributed by atoms with E-state index < -0.39 is 16.0 Å². The summed E-state index contributed by atoms with van der Waals surface area (Å²) in [5.74, 6) is 0.307. The Morgan fingerprint density at radius 3 is 2.59 bits per heavy atom. The number of rotatable bonds is 3. The Morgan fingerprint density at radius 1 is 1.41 bits per heavy atom. The van der Waals surface area contributed by atoms with Crippen LogP contribution in [0.2, 0.25) is 0 Å². The Labute approximate surface area is 103 Å². The highest BCUT2D eigenvalue weighted by Gasteiger charge is 2.26. The van der Waals surface area contributed by atoms with Crippen LogP contribution in [0.15, 0.2) is 29.2 Å². The molecular formula is C10H11NO4S2. The van der Waals surface area contributed by atoms with Gasteiger partial charge in [-0.2, -0.15) is 0 Å². The molecule has 0 bridgehead atoms. The maximum Gasteiger partial charge on any atom is 0.340 e. The van der Waals surface area contributed by atoms with Crippen molar-refractivity contribution in [2.24, 2.45) is 5.14 Å². The van der Waals surface area contributed by atoms with Gasteiger partial charge >= 0.3 is 5.97 Å². The lowest BCUT2D eigenvalue weighted by molar-refractivity contribution is 0.0433. The molecule has 1 aromatic carbocycles. The molecule has 0 aromatic heterocycles. The van der Waals surface area contributed by atoms with Crippen LogP contribution in [0.4, 0.5) is 0 Å². The molecule has 5 nitrogen and oxygen atoms in total. The SMILES string of the molecule is NS(=O)(=O)c1ccccc1C(=O)OC1CCS1. The van der Waals surface area contributed by atoms with Crippen molar-refractivity contribution in [1.82, 2.24) is 0 Å². The van der Waals surface area contributed by atoms with Crippen molar-refractivity contribution in [1.29, 1.82) is 0 Å². The van der Waals surface area contributed by atoms with Gasteiger partial charge in [-0.3, -0.25) is 0 Å². The van der Waals surface area contributed by atoms with Crippen LogP contribution in [-0.4, -0.2) is 25.6 Å². The van der Waals surface area contributed by atoms with E-state index in [1.807, 2.05) is 0 Å². The van der Waals surface area contributed by atoms with Crippen molar-refractivity contribution in [2.75, 3.05) is 5.75 Å². The zero-order valence-corrected chi connectivity index (χ0v) is 10.5. The number of carbonyl (C=O) groups is 1. The van der Waals surface area contributed by atoms with Gasteiger partial charge in [-0.25, -0.2) is 18.4 Å². The van der Waals surface area contributed by atoms with E-state index >= 15 is 0 Å². The number of esters is 1. The summed E-state index contributed by atoms with van der Waals surface area (Å²) in [5.41, 5.74) is -0.182. The molecule has 17 heavy (non-hydrogen) atoms. The van der Waals surface area contributed by atoms with Gasteiger partial charge in [0.15, 0.2) is 0 Å². The Kier molecular flexibility index (Phi) is 3.41. The van der Waals surface area contributed by atoms with Crippen molar-refractivity contribution >= 4 is 27.8 Å². The lowest BCUT2D eigenvalue weighted by Gasteiger charge is -2.24. The number of hydrogen-bond donors (Lipinski definition) is 1. The summed E-state index contributed by atoms with van der Waals surface area (Å²) in [6.07, 6.45) is 0.800. The second-order valence-electron chi connectivity index (χ2n) is 3.54. The number of thioether (sulfide) groups is 1. The predicted molar refractivity (Wildman–Crippen MR) is 64.1 cm³/mol. The highest BCUT2D eigenvalue weighted by atomic mass is 32.2. The van der Waals surface area contributed by atoms with Crippen LogP contribution in [0.1, 0.15) is 16.8 Å². The van der Waals surface area contributed by atoms with E-state index in [1.165, 1.54) is 30.0 Å². The van der Waals surface area contributed by atoms with Crippen LogP contribution in [0.3, 0.4) is 0 Å². The van der Waals surface area contributed by atoms with E-state index in [4.69, 9.17) is 9.88 Å². The number of primary sulfonamides is 1. The van der Waals surface area contributed by atoms with E-state index in [2.05, 4.69) is 0 Å². The topological polar surface area (TPSA) is 86.5 Å². The van der Waals surface area contributed by atoms with Crippen molar-refractivity contribution in [2.45, 2.75) is 16.8 Å². The van der Waals surface area contributed by atoms with Crippen molar-refractivity contribution < 1.29 is 17.9 Å². The standard InChI is InChI=1S/C10H11NO4S2/c11-17(13,14)8-4-2-1-3-7(8)10(12)15-9-5-6-16-9/h1-4,9H,5-6H2,(H2,11,13,14). The molecule has 0 radical (unpaired) electrons. The summed E-state index contributed by atoms with van der Waals surface area (Å²) in [6.45, 7) is 0. The highest BCUT2D eigenvalue weighted by molar-refractivity contribution is 8.01. The summed E-state index contributed by atoms with van der Waals surface area (Å²) < 4.78 is 27.7. The lowest BCUT2D eigenvalue weighted by Crippen LogP contribution is -2.25. The molecule has 1 aliphatic heterocycles. The summed E-state index contributed by atoms with van der Waals surface area (Å²) in [6, 6.07) is 5.76. The van der Waals surface area contributed by atoms with E-state index in [1.54, 1.807) is 6.07 Å². The van der Waals surface area contributed by atoms with Crippen LogP contribution < -0.4 is 5.14 Å². The largest absolute Gasteiger partial charge is 0.448 e. The number of benzene rings is 1. The molecule has 0 spiro atoms. The molecule has 2 rings (SSSR count). The molecule has 1 unspecified atom stereocenters. The minimum atomic E-state index is -3.91. The first kappa shape index (κ1) is 12.4. The molecule has 1 saturated heterocycles. The van der Waals surface area contributed by atoms with Crippen LogP contribution in [0, 0.1) is 0 Å². The molecule has 1 aromatic rings. The third-order valence-electron chi connectivity index (χ3n) is 2.31. The Balaban J connectivity index is 2.28. The van der Waals surface area contributed by atoms with Crippen molar-refractivity contribution in [3.63, 3.8) is 0 Å². The minimum Gasteiger partial charge on any atom is -0.448 e. The zero-order valence-electron chi connectivity index (χ0n) is 8.83. The molecule has 92 valence electrons. The molecule has 0 amide bonds. The third-order valence-corrected chi connectivity index (χ3v) is 4.45. The second kappa shape index (κ2) is 4.67. The molecule has 1 fully saturated rings. The van der Waals surface area contributed by atoms with Crippen molar-refractivity contribution in [3.8, 4) is 0 Å². The van der Waals surface area contributed by atoms with Gasteiger partial charge < -0.3 is 4.74 Å². The van der Waals surface area contributed by atoms with Crippen LogP contribution in [0.5, 0.6) is 0 Å². The summed E-state index contributed by atoms with van der Waals surface area (Å²) >= 11 is 1.52. The van der Waals surface area contributed by atoms with Gasteiger partial charge in [0, 0.05) is 12.2 Å². The fourth-order valence-electron chi connectivity index (χ4n) is 1.37. The van der Waals surface area contributed by atoms with E-state index in [0.29, 0.717) is 0 Å². The number of carbonyl (C=O) groups excluding carboxylic acids is 1. The van der Waals surface area contributed by atoms with Crippen molar-refractivity contribution in [3.05, 3.63) is 29.8 Å². The fourth-order valence-corrected chi connectivity index (χ4v) is 2.68. The molecular weight excluding hydrogens is 262 g/mol. The monoisotopic (exact) mass is 273 g/mol. The average molecular weight is 273 g/mol. The normalized spacial score (nSPS) is 19.5. The summed E-state index contributed by atoms with van der Waals surface area (Å²) in [4.78, 5) is 11.6. The van der Waals surface area contributed by atoms with Crippen LogP contribution in [-0.2, 0) is 14.8 Å². The smallest absolute Gasteiger partial charge is 0.340 e. The Hall–Kier alpha value is -1.05. The maximum absolute atomic E-state index is 11.8. The van der Waals surface area contributed by atoms with E-state index in [-0.39, 0.29) is 15.9 Å².